The molecule has 114 valence electrons. The molecule has 22 heavy (non-hydrogen) atoms. The minimum Gasteiger partial charge on any atom is -0.335 e. The summed E-state index contributed by atoms with van der Waals surface area (Å²) in [5.41, 5.74) is 5.13. The molecule has 0 aliphatic rings. The minimum atomic E-state index is 0. The number of aryl methyl sites for hydroxylation is 1. The number of nitrogens with zero attached hydrogens (tertiary/aromatic N) is 2. The van der Waals surface area contributed by atoms with E-state index in [2.05, 4.69) is 79.2 Å². The SMILES string of the molecule is Cc1nc(Cc2ccccc2)c(Cc2ccccc2)n1C.Cl. The molecule has 0 atom stereocenters. The Morgan fingerprint density at radius 2 is 1.32 bits per heavy atom. The first-order chi connectivity index (χ1) is 10.2. The highest BCUT2D eigenvalue weighted by atomic mass is 35.5. The zero-order valence-electron chi connectivity index (χ0n) is 13.0. The van der Waals surface area contributed by atoms with Gasteiger partial charge in [0, 0.05) is 25.6 Å². The van der Waals surface area contributed by atoms with Gasteiger partial charge in [0.1, 0.15) is 5.82 Å². The molecule has 0 fully saturated rings. The first kappa shape index (κ1) is 16.3. The van der Waals surface area contributed by atoms with Gasteiger partial charge in [0.2, 0.25) is 0 Å². The van der Waals surface area contributed by atoms with Gasteiger partial charge in [0.25, 0.3) is 0 Å². The van der Waals surface area contributed by atoms with E-state index in [1.54, 1.807) is 0 Å². The highest BCUT2D eigenvalue weighted by Crippen LogP contribution is 2.18. The van der Waals surface area contributed by atoms with Gasteiger partial charge >= 0.3 is 0 Å². The second-order valence-electron chi connectivity index (χ2n) is 5.44. The van der Waals surface area contributed by atoms with Crippen LogP contribution in [0.1, 0.15) is 28.3 Å². The smallest absolute Gasteiger partial charge is 0.105 e. The molecule has 0 radical (unpaired) electrons. The van der Waals surface area contributed by atoms with Crippen molar-refractivity contribution in [3.05, 3.63) is 89.0 Å². The number of aromatic nitrogens is 2. The highest BCUT2D eigenvalue weighted by Gasteiger charge is 2.13. The molecular formula is C19H21ClN2. The van der Waals surface area contributed by atoms with Gasteiger partial charge in [-0.05, 0) is 18.1 Å². The Kier molecular flexibility index (Phi) is 5.40. The predicted octanol–water partition coefficient (Wildman–Crippen LogP) is 4.33. The molecule has 2 nitrogen and oxygen atoms in total. The lowest BCUT2D eigenvalue weighted by atomic mass is 10.0. The molecule has 3 heteroatoms. The molecule has 1 heterocycles. The number of benzene rings is 2. The lowest BCUT2D eigenvalue weighted by Crippen LogP contribution is -2.02. The molecule has 0 N–H and O–H groups in total. The fraction of sp³-hybridized carbons (Fsp3) is 0.211. The molecular weight excluding hydrogens is 292 g/mol. The van der Waals surface area contributed by atoms with Crippen LogP contribution in [-0.2, 0) is 19.9 Å². The molecule has 2 aromatic carbocycles. The van der Waals surface area contributed by atoms with E-state index in [0.29, 0.717) is 0 Å². The van der Waals surface area contributed by atoms with Gasteiger partial charge in [-0.1, -0.05) is 60.7 Å². The Morgan fingerprint density at radius 3 is 1.86 bits per heavy atom. The van der Waals surface area contributed by atoms with Crippen molar-refractivity contribution >= 4 is 12.4 Å². The van der Waals surface area contributed by atoms with Crippen molar-refractivity contribution in [1.29, 1.82) is 0 Å². The Labute approximate surface area is 138 Å². The van der Waals surface area contributed by atoms with Crippen LogP contribution < -0.4 is 0 Å². The molecule has 0 aliphatic carbocycles. The lowest BCUT2D eigenvalue weighted by molar-refractivity contribution is 0.803. The maximum Gasteiger partial charge on any atom is 0.105 e. The summed E-state index contributed by atoms with van der Waals surface area (Å²) in [4.78, 5) is 4.76. The number of imidazole rings is 1. The number of rotatable bonds is 4. The largest absolute Gasteiger partial charge is 0.335 e. The number of hydrogen-bond donors (Lipinski definition) is 0. The molecule has 0 amide bonds. The quantitative estimate of drug-likeness (QED) is 0.701. The van der Waals surface area contributed by atoms with Crippen molar-refractivity contribution in [2.24, 2.45) is 7.05 Å². The van der Waals surface area contributed by atoms with Crippen LogP contribution in [0.3, 0.4) is 0 Å². The van der Waals surface area contributed by atoms with Gasteiger partial charge < -0.3 is 4.57 Å². The predicted molar refractivity (Wildman–Crippen MR) is 93.7 cm³/mol. The molecule has 0 saturated carbocycles. The van der Waals surface area contributed by atoms with Gasteiger partial charge in [0.15, 0.2) is 0 Å². The Balaban J connectivity index is 0.00000176. The maximum absolute atomic E-state index is 4.76. The Hall–Kier alpha value is -2.06. The van der Waals surface area contributed by atoms with Crippen LogP contribution in [0.25, 0.3) is 0 Å². The summed E-state index contributed by atoms with van der Waals surface area (Å²) >= 11 is 0. The topological polar surface area (TPSA) is 17.8 Å². The summed E-state index contributed by atoms with van der Waals surface area (Å²) < 4.78 is 2.21. The average molecular weight is 313 g/mol. The summed E-state index contributed by atoms with van der Waals surface area (Å²) in [6, 6.07) is 21.1. The van der Waals surface area contributed by atoms with E-state index >= 15 is 0 Å². The lowest BCUT2D eigenvalue weighted by Gasteiger charge is -2.07. The van der Waals surface area contributed by atoms with Crippen LogP contribution in [0.5, 0.6) is 0 Å². The highest BCUT2D eigenvalue weighted by molar-refractivity contribution is 5.85. The Bertz CT molecular complexity index is 718. The van der Waals surface area contributed by atoms with E-state index in [1.165, 1.54) is 22.5 Å². The van der Waals surface area contributed by atoms with Crippen molar-refractivity contribution in [2.45, 2.75) is 19.8 Å². The van der Waals surface area contributed by atoms with Crippen molar-refractivity contribution in [3.8, 4) is 0 Å². The summed E-state index contributed by atoms with van der Waals surface area (Å²) in [6.45, 7) is 2.07. The number of halogens is 1. The van der Waals surface area contributed by atoms with Crippen molar-refractivity contribution in [1.82, 2.24) is 9.55 Å². The summed E-state index contributed by atoms with van der Waals surface area (Å²) in [6.07, 6.45) is 1.82. The average Bonchev–Trinajstić information content (AvgIpc) is 2.77. The van der Waals surface area contributed by atoms with Gasteiger partial charge in [-0.2, -0.15) is 0 Å². The van der Waals surface area contributed by atoms with Gasteiger partial charge in [0.05, 0.1) is 5.69 Å². The molecule has 0 unspecified atom stereocenters. The third-order valence-electron chi connectivity index (χ3n) is 3.95. The van der Waals surface area contributed by atoms with Crippen LogP contribution in [-0.4, -0.2) is 9.55 Å². The Morgan fingerprint density at radius 1 is 0.818 bits per heavy atom. The molecule has 3 rings (SSSR count). The van der Waals surface area contributed by atoms with Crippen LogP contribution in [0.2, 0.25) is 0 Å². The fourth-order valence-corrected chi connectivity index (χ4v) is 2.66. The second kappa shape index (κ2) is 7.28. The molecule has 0 saturated heterocycles. The van der Waals surface area contributed by atoms with Crippen molar-refractivity contribution < 1.29 is 0 Å². The monoisotopic (exact) mass is 312 g/mol. The van der Waals surface area contributed by atoms with Crippen LogP contribution in [0.4, 0.5) is 0 Å². The first-order valence-electron chi connectivity index (χ1n) is 7.33. The van der Waals surface area contributed by atoms with Gasteiger partial charge in [-0.15, -0.1) is 12.4 Å². The van der Waals surface area contributed by atoms with Gasteiger partial charge in [-0.3, -0.25) is 0 Å². The normalized spacial score (nSPS) is 10.3. The second-order valence-corrected chi connectivity index (χ2v) is 5.44. The molecule has 0 spiro atoms. The zero-order valence-corrected chi connectivity index (χ0v) is 13.8. The van der Waals surface area contributed by atoms with E-state index < -0.39 is 0 Å². The van der Waals surface area contributed by atoms with E-state index in [4.69, 9.17) is 4.98 Å². The van der Waals surface area contributed by atoms with Crippen LogP contribution >= 0.6 is 12.4 Å². The van der Waals surface area contributed by atoms with Crippen molar-refractivity contribution in [2.75, 3.05) is 0 Å². The minimum absolute atomic E-state index is 0. The third kappa shape index (κ3) is 3.58. The summed E-state index contributed by atoms with van der Waals surface area (Å²) in [7, 11) is 2.11. The third-order valence-corrected chi connectivity index (χ3v) is 3.95. The molecule has 3 aromatic rings. The molecule has 0 bridgehead atoms. The zero-order chi connectivity index (χ0) is 14.7. The maximum atomic E-state index is 4.76. The van der Waals surface area contributed by atoms with Crippen molar-refractivity contribution in [3.63, 3.8) is 0 Å². The summed E-state index contributed by atoms with van der Waals surface area (Å²) in [5, 5.41) is 0. The molecule has 1 aromatic heterocycles. The first-order valence-corrected chi connectivity index (χ1v) is 7.33. The fourth-order valence-electron chi connectivity index (χ4n) is 2.66. The van der Waals surface area contributed by atoms with E-state index in [9.17, 15) is 0 Å². The van der Waals surface area contributed by atoms with Crippen LogP contribution in [0.15, 0.2) is 60.7 Å². The van der Waals surface area contributed by atoms with E-state index in [0.717, 1.165) is 18.7 Å². The number of hydrogen-bond acceptors (Lipinski definition) is 1. The molecule has 0 aliphatic heterocycles. The van der Waals surface area contributed by atoms with Crippen LogP contribution in [0, 0.1) is 6.92 Å². The van der Waals surface area contributed by atoms with E-state index in [-0.39, 0.29) is 12.4 Å². The summed E-state index contributed by atoms with van der Waals surface area (Å²) in [5.74, 6) is 1.08. The van der Waals surface area contributed by atoms with Gasteiger partial charge in [-0.25, -0.2) is 4.98 Å². The standard InChI is InChI=1S/C19H20N2.ClH/c1-15-20-18(13-16-9-5-3-6-10-16)19(21(15)2)14-17-11-7-4-8-12-17;/h3-12H,13-14H2,1-2H3;1H. The van der Waals surface area contributed by atoms with E-state index in [1.807, 2.05) is 0 Å².